The van der Waals surface area contributed by atoms with Gasteiger partial charge in [-0.25, -0.2) is 0 Å². The number of aromatic nitrogens is 1. The maximum Gasteiger partial charge on any atom is 0.303 e. The molecule has 1 amide bonds. The first kappa shape index (κ1) is 18.5. The highest BCUT2D eigenvalue weighted by atomic mass is 16.4. The zero-order chi connectivity index (χ0) is 19.2. The third kappa shape index (κ3) is 4.85. The van der Waals surface area contributed by atoms with E-state index in [-0.39, 0.29) is 18.9 Å². The van der Waals surface area contributed by atoms with Crippen molar-refractivity contribution in [1.29, 1.82) is 0 Å². The first-order valence-corrected chi connectivity index (χ1v) is 8.85. The summed E-state index contributed by atoms with van der Waals surface area (Å²) in [6, 6.07) is 21.2. The predicted molar refractivity (Wildman–Crippen MR) is 106 cm³/mol. The molecule has 0 spiro atoms. The van der Waals surface area contributed by atoms with Crippen LogP contribution in [0, 0.1) is 6.92 Å². The number of hydrogen-bond donors (Lipinski definition) is 2. The first-order chi connectivity index (χ1) is 13.0. The van der Waals surface area contributed by atoms with Crippen molar-refractivity contribution in [1.82, 2.24) is 4.57 Å². The summed E-state index contributed by atoms with van der Waals surface area (Å²) < 4.78 is 1.89. The highest BCUT2D eigenvalue weighted by Gasteiger charge is 2.14. The van der Waals surface area contributed by atoms with Crippen molar-refractivity contribution in [2.45, 2.75) is 26.3 Å². The zero-order valence-electron chi connectivity index (χ0n) is 15.2. The molecule has 3 aromatic rings. The Kier molecular flexibility index (Phi) is 5.71. The second-order valence-electron chi connectivity index (χ2n) is 6.47. The van der Waals surface area contributed by atoms with E-state index in [0.717, 1.165) is 28.2 Å². The lowest BCUT2D eigenvalue weighted by Gasteiger charge is -2.14. The zero-order valence-corrected chi connectivity index (χ0v) is 15.2. The molecule has 0 bridgehead atoms. The van der Waals surface area contributed by atoms with E-state index in [4.69, 9.17) is 5.11 Å². The minimum Gasteiger partial charge on any atom is -0.481 e. The van der Waals surface area contributed by atoms with Gasteiger partial charge in [0.05, 0.1) is 6.42 Å². The van der Waals surface area contributed by atoms with Gasteiger partial charge in [0.15, 0.2) is 0 Å². The molecular formula is C22H22N2O3. The van der Waals surface area contributed by atoms with Gasteiger partial charge in [-0.1, -0.05) is 48.0 Å². The summed E-state index contributed by atoms with van der Waals surface area (Å²) in [7, 11) is 0. The molecule has 0 aliphatic heterocycles. The van der Waals surface area contributed by atoms with Crippen molar-refractivity contribution >= 4 is 17.6 Å². The van der Waals surface area contributed by atoms with Gasteiger partial charge in [0.25, 0.3) is 0 Å². The molecule has 138 valence electrons. The molecule has 27 heavy (non-hydrogen) atoms. The molecule has 3 rings (SSSR count). The maximum absolute atomic E-state index is 12.6. The van der Waals surface area contributed by atoms with Gasteiger partial charge in [0.1, 0.15) is 6.54 Å². The van der Waals surface area contributed by atoms with Gasteiger partial charge >= 0.3 is 5.97 Å². The van der Waals surface area contributed by atoms with Gasteiger partial charge in [0, 0.05) is 17.1 Å². The van der Waals surface area contributed by atoms with Gasteiger partial charge in [-0.05, 0) is 43.2 Å². The number of nitrogens with one attached hydrogen (secondary N) is 1. The Labute approximate surface area is 158 Å². The Bertz CT molecular complexity index is 928. The van der Waals surface area contributed by atoms with Crippen LogP contribution in [0.3, 0.4) is 0 Å². The van der Waals surface area contributed by atoms with Crippen molar-refractivity contribution in [3.8, 4) is 11.3 Å². The SMILES string of the molecule is Cc1ccc(-c2ccc(CCC(=O)O)n2CC(=O)Nc2ccccc2)cc1. The van der Waals surface area contributed by atoms with Crippen molar-refractivity contribution in [2.24, 2.45) is 0 Å². The Morgan fingerprint density at radius 2 is 1.67 bits per heavy atom. The van der Waals surface area contributed by atoms with E-state index in [0.29, 0.717) is 6.42 Å². The molecule has 0 atom stereocenters. The van der Waals surface area contributed by atoms with Crippen molar-refractivity contribution in [3.05, 3.63) is 78.0 Å². The fraction of sp³-hybridized carbons (Fsp3) is 0.182. The average molecular weight is 362 g/mol. The van der Waals surface area contributed by atoms with Crippen molar-refractivity contribution in [3.63, 3.8) is 0 Å². The molecule has 5 nitrogen and oxygen atoms in total. The number of aryl methyl sites for hydroxylation is 2. The fourth-order valence-electron chi connectivity index (χ4n) is 2.99. The summed E-state index contributed by atoms with van der Waals surface area (Å²) >= 11 is 0. The Hall–Kier alpha value is -3.34. The Morgan fingerprint density at radius 3 is 2.33 bits per heavy atom. The molecule has 0 fully saturated rings. The van der Waals surface area contributed by atoms with Gasteiger partial charge in [0.2, 0.25) is 5.91 Å². The highest BCUT2D eigenvalue weighted by Crippen LogP contribution is 2.24. The maximum atomic E-state index is 12.6. The van der Waals surface area contributed by atoms with Gasteiger partial charge in [-0.3, -0.25) is 9.59 Å². The average Bonchev–Trinajstić information content (AvgIpc) is 3.04. The van der Waals surface area contributed by atoms with E-state index in [1.165, 1.54) is 0 Å². The second kappa shape index (κ2) is 8.36. The number of rotatable bonds is 7. The molecule has 5 heteroatoms. The monoisotopic (exact) mass is 362 g/mol. The molecule has 2 aromatic carbocycles. The quantitative estimate of drug-likeness (QED) is 0.664. The lowest BCUT2D eigenvalue weighted by atomic mass is 10.1. The van der Waals surface area contributed by atoms with Crippen molar-refractivity contribution in [2.75, 3.05) is 5.32 Å². The normalized spacial score (nSPS) is 10.6. The third-order valence-electron chi connectivity index (χ3n) is 4.37. The molecule has 0 unspecified atom stereocenters. The van der Waals surface area contributed by atoms with Crippen LogP contribution in [-0.2, 0) is 22.6 Å². The summed E-state index contributed by atoms with van der Waals surface area (Å²) in [4.78, 5) is 23.5. The standard InChI is InChI=1S/C22H22N2O3/c1-16-7-9-17(10-8-16)20-13-11-19(12-14-22(26)27)24(20)15-21(25)23-18-5-3-2-4-6-18/h2-11,13H,12,14-15H2,1H3,(H,23,25)(H,26,27). The van der Waals surface area contributed by atoms with Crippen LogP contribution in [-0.4, -0.2) is 21.6 Å². The van der Waals surface area contributed by atoms with E-state index < -0.39 is 5.97 Å². The largest absolute Gasteiger partial charge is 0.481 e. The topological polar surface area (TPSA) is 71.3 Å². The summed E-state index contributed by atoms with van der Waals surface area (Å²) in [5.74, 6) is -1.00. The number of carboxylic acids is 1. The first-order valence-electron chi connectivity index (χ1n) is 8.85. The number of nitrogens with zero attached hydrogens (tertiary/aromatic N) is 1. The van der Waals surface area contributed by atoms with E-state index in [1.807, 2.05) is 78.2 Å². The molecular weight excluding hydrogens is 340 g/mol. The van der Waals surface area contributed by atoms with E-state index in [9.17, 15) is 9.59 Å². The number of amides is 1. The summed E-state index contributed by atoms with van der Waals surface area (Å²) in [6.45, 7) is 2.15. The molecule has 0 aliphatic rings. The van der Waals surface area contributed by atoms with Crippen LogP contribution in [0.1, 0.15) is 17.7 Å². The molecule has 1 aromatic heterocycles. The predicted octanol–water partition coefficient (Wildman–Crippen LogP) is 4.12. The van der Waals surface area contributed by atoms with E-state index in [2.05, 4.69) is 5.32 Å². The van der Waals surface area contributed by atoms with Gasteiger partial charge in [-0.2, -0.15) is 0 Å². The minimum absolute atomic E-state index is 0.0255. The third-order valence-corrected chi connectivity index (χ3v) is 4.37. The van der Waals surface area contributed by atoms with Crippen molar-refractivity contribution < 1.29 is 14.7 Å². The fourth-order valence-corrected chi connectivity index (χ4v) is 2.99. The highest BCUT2D eigenvalue weighted by molar-refractivity contribution is 5.91. The smallest absolute Gasteiger partial charge is 0.303 e. The van der Waals surface area contributed by atoms with Crippen LogP contribution < -0.4 is 5.32 Å². The minimum atomic E-state index is -0.853. The lowest BCUT2D eigenvalue weighted by Crippen LogP contribution is -2.20. The molecule has 0 aliphatic carbocycles. The number of aliphatic carboxylic acids is 1. The number of carboxylic acid groups (broad SMARTS) is 1. The lowest BCUT2D eigenvalue weighted by molar-refractivity contribution is -0.137. The van der Waals surface area contributed by atoms with Gasteiger partial charge < -0.3 is 15.0 Å². The number of benzene rings is 2. The number of hydrogen-bond acceptors (Lipinski definition) is 2. The number of anilines is 1. The summed E-state index contributed by atoms with van der Waals surface area (Å²) in [6.07, 6.45) is 0.400. The van der Waals surface area contributed by atoms with Gasteiger partial charge in [-0.15, -0.1) is 0 Å². The van der Waals surface area contributed by atoms with E-state index >= 15 is 0 Å². The number of carbonyl (C=O) groups excluding carboxylic acids is 1. The molecule has 0 radical (unpaired) electrons. The Morgan fingerprint density at radius 1 is 0.963 bits per heavy atom. The summed E-state index contributed by atoms with van der Waals surface area (Å²) in [5, 5.41) is 11.9. The van der Waals surface area contributed by atoms with Crippen LogP contribution in [0.25, 0.3) is 11.3 Å². The van der Waals surface area contributed by atoms with Crippen LogP contribution in [0.5, 0.6) is 0 Å². The van der Waals surface area contributed by atoms with E-state index in [1.54, 1.807) is 0 Å². The molecule has 0 saturated carbocycles. The van der Waals surface area contributed by atoms with Crippen LogP contribution in [0.2, 0.25) is 0 Å². The van der Waals surface area contributed by atoms with Crippen LogP contribution >= 0.6 is 0 Å². The Balaban J connectivity index is 1.87. The molecule has 1 heterocycles. The summed E-state index contributed by atoms with van der Waals surface area (Å²) in [5.41, 5.74) is 4.62. The second-order valence-corrected chi connectivity index (χ2v) is 6.47. The van der Waals surface area contributed by atoms with Crippen LogP contribution in [0.15, 0.2) is 66.7 Å². The molecule has 2 N–H and O–H groups in total. The number of carbonyl (C=O) groups is 2. The molecule has 0 saturated heterocycles. The number of para-hydroxylation sites is 1. The van der Waals surface area contributed by atoms with Crippen LogP contribution in [0.4, 0.5) is 5.69 Å².